The Bertz CT molecular complexity index is 830. The second kappa shape index (κ2) is 10.4. The number of rotatable bonds is 4. The Labute approximate surface area is 178 Å². The number of sulfonamides is 1. The molecule has 0 aliphatic carbocycles. The molecule has 2 saturated heterocycles. The summed E-state index contributed by atoms with van der Waals surface area (Å²) in [6, 6.07) is 0. The van der Waals surface area contributed by atoms with Crippen LogP contribution in [0, 0.1) is 5.92 Å². The number of aryl methyl sites for hydroxylation is 1. The van der Waals surface area contributed by atoms with Gasteiger partial charge in [0.1, 0.15) is 4.90 Å². The van der Waals surface area contributed by atoms with Crippen LogP contribution in [-0.2, 0) is 26.2 Å². The number of aromatic nitrogens is 2. The number of carbonyl (C=O) groups excluding carboxylic acids is 2. The van der Waals surface area contributed by atoms with Gasteiger partial charge >= 0.3 is 0 Å². The molecule has 9 nitrogen and oxygen atoms in total. The van der Waals surface area contributed by atoms with Crippen molar-refractivity contribution in [2.24, 2.45) is 5.92 Å². The summed E-state index contributed by atoms with van der Waals surface area (Å²) in [7, 11) is -3.58. The van der Waals surface area contributed by atoms with Crippen LogP contribution in [0.3, 0.4) is 0 Å². The molecule has 2 fully saturated rings. The van der Waals surface area contributed by atoms with E-state index in [0.717, 1.165) is 25.7 Å². The fourth-order valence-corrected chi connectivity index (χ4v) is 5.49. The van der Waals surface area contributed by atoms with E-state index in [2.05, 4.69) is 10.4 Å². The van der Waals surface area contributed by atoms with Crippen molar-refractivity contribution in [3.8, 4) is 0 Å². The highest BCUT2D eigenvalue weighted by Crippen LogP contribution is 2.25. The van der Waals surface area contributed by atoms with Gasteiger partial charge in [-0.05, 0) is 32.6 Å². The van der Waals surface area contributed by atoms with Gasteiger partial charge in [0.05, 0.1) is 6.20 Å². The summed E-state index contributed by atoms with van der Waals surface area (Å²) in [5.74, 6) is -0.149. The molecule has 1 N–H and O–H groups in total. The zero-order valence-corrected chi connectivity index (χ0v) is 18.6. The summed E-state index contributed by atoms with van der Waals surface area (Å²) >= 11 is 0. The Kier molecular flexibility index (Phi) is 7.87. The summed E-state index contributed by atoms with van der Waals surface area (Å²) in [6.45, 7) is 4.96. The highest BCUT2D eigenvalue weighted by molar-refractivity contribution is 7.89. The Morgan fingerprint density at radius 1 is 1.13 bits per heavy atom. The van der Waals surface area contributed by atoms with Gasteiger partial charge in [0.15, 0.2) is 0 Å². The van der Waals surface area contributed by atoms with Gasteiger partial charge in [-0.25, -0.2) is 8.42 Å². The molecule has 168 valence electrons. The van der Waals surface area contributed by atoms with E-state index >= 15 is 0 Å². The van der Waals surface area contributed by atoms with Crippen LogP contribution in [0.1, 0.15) is 51.9 Å². The molecule has 0 atom stereocenters. The predicted octanol–water partition coefficient (Wildman–Crippen LogP) is 1.21. The minimum absolute atomic E-state index is 0.0109. The molecule has 2 aliphatic rings. The Morgan fingerprint density at radius 3 is 2.57 bits per heavy atom. The van der Waals surface area contributed by atoms with E-state index in [9.17, 15) is 18.0 Å². The molecular weight excluding hydrogens is 406 g/mol. The van der Waals surface area contributed by atoms with Crippen LogP contribution in [0.4, 0.5) is 0 Å². The molecular formula is C20H33N5O4S. The van der Waals surface area contributed by atoms with Crippen molar-refractivity contribution in [1.29, 1.82) is 0 Å². The summed E-state index contributed by atoms with van der Waals surface area (Å²) in [4.78, 5) is 27.0. The molecule has 2 amide bonds. The Hall–Kier alpha value is -1.94. The molecule has 2 aliphatic heterocycles. The minimum Gasteiger partial charge on any atom is -0.356 e. The summed E-state index contributed by atoms with van der Waals surface area (Å²) in [5.41, 5.74) is 0. The van der Waals surface area contributed by atoms with Gasteiger partial charge in [-0.2, -0.15) is 9.40 Å². The summed E-state index contributed by atoms with van der Waals surface area (Å²) in [5, 5.41) is 6.97. The lowest BCUT2D eigenvalue weighted by Crippen LogP contribution is -2.45. The second-order valence-electron chi connectivity index (χ2n) is 8.05. The van der Waals surface area contributed by atoms with Gasteiger partial charge in [-0.3, -0.25) is 14.3 Å². The number of nitrogens with one attached hydrogen (secondary N) is 1. The number of piperidine rings is 1. The molecule has 0 radical (unpaired) electrons. The molecule has 0 saturated carbocycles. The van der Waals surface area contributed by atoms with Gasteiger partial charge in [0.2, 0.25) is 21.8 Å². The number of carbonyl (C=O) groups is 2. The third kappa shape index (κ3) is 5.60. The van der Waals surface area contributed by atoms with Crippen LogP contribution in [-0.4, -0.2) is 71.9 Å². The van der Waals surface area contributed by atoms with E-state index in [0.29, 0.717) is 58.5 Å². The summed E-state index contributed by atoms with van der Waals surface area (Å²) in [6.07, 6.45) is 8.26. The monoisotopic (exact) mass is 439 g/mol. The lowest BCUT2D eigenvalue weighted by atomic mass is 9.96. The van der Waals surface area contributed by atoms with Crippen LogP contribution in [0.15, 0.2) is 17.3 Å². The molecule has 0 unspecified atom stereocenters. The van der Waals surface area contributed by atoms with Crippen LogP contribution in [0.25, 0.3) is 0 Å². The zero-order valence-electron chi connectivity index (χ0n) is 17.8. The average molecular weight is 440 g/mol. The van der Waals surface area contributed by atoms with Crippen molar-refractivity contribution in [2.75, 3.05) is 32.7 Å². The first-order valence-corrected chi connectivity index (χ1v) is 12.4. The molecule has 1 aromatic heterocycles. The minimum atomic E-state index is -3.58. The van der Waals surface area contributed by atoms with E-state index in [1.807, 2.05) is 11.8 Å². The van der Waals surface area contributed by atoms with Crippen LogP contribution < -0.4 is 5.32 Å². The highest BCUT2D eigenvalue weighted by Gasteiger charge is 2.34. The van der Waals surface area contributed by atoms with E-state index in [4.69, 9.17) is 0 Å². The third-order valence-corrected chi connectivity index (χ3v) is 7.82. The fourth-order valence-electron chi connectivity index (χ4n) is 4.07. The number of hydrogen-bond acceptors (Lipinski definition) is 5. The standard InChI is InChI=1S/C20H33N5O4S/c1-2-24-16-18(15-22-24)30(28,29)25-13-7-17(8-14-25)20(27)23-11-6-4-3-5-10-21-19(26)9-12-23/h15-17H,2-14H2,1H3,(H,21,26). The summed E-state index contributed by atoms with van der Waals surface area (Å²) < 4.78 is 28.7. The van der Waals surface area contributed by atoms with Gasteiger partial charge in [0.25, 0.3) is 0 Å². The number of nitrogens with zero attached hydrogens (tertiary/aromatic N) is 4. The normalized spacial score (nSPS) is 21.1. The van der Waals surface area contributed by atoms with E-state index in [-0.39, 0.29) is 22.6 Å². The maximum Gasteiger partial charge on any atom is 0.246 e. The average Bonchev–Trinajstić information content (AvgIpc) is 3.23. The van der Waals surface area contributed by atoms with Crippen molar-refractivity contribution < 1.29 is 18.0 Å². The largest absolute Gasteiger partial charge is 0.356 e. The van der Waals surface area contributed by atoms with Gasteiger partial charge in [-0.15, -0.1) is 0 Å². The fraction of sp³-hybridized carbons (Fsp3) is 0.750. The first kappa shape index (κ1) is 22.7. The maximum atomic E-state index is 13.1. The topological polar surface area (TPSA) is 105 Å². The van der Waals surface area contributed by atoms with Gasteiger partial charge < -0.3 is 10.2 Å². The molecule has 0 bridgehead atoms. The van der Waals surface area contributed by atoms with Gasteiger partial charge in [0, 0.05) is 57.8 Å². The number of hydrogen-bond donors (Lipinski definition) is 1. The van der Waals surface area contributed by atoms with Gasteiger partial charge in [-0.1, -0.05) is 12.8 Å². The van der Waals surface area contributed by atoms with Crippen molar-refractivity contribution in [1.82, 2.24) is 24.3 Å². The quantitative estimate of drug-likeness (QED) is 0.759. The SMILES string of the molecule is CCn1cc(S(=O)(=O)N2CCC(C(=O)N3CCCCCCNC(=O)CC3)CC2)cn1. The van der Waals surface area contributed by atoms with Crippen LogP contribution in [0.2, 0.25) is 0 Å². The van der Waals surface area contributed by atoms with Crippen molar-refractivity contribution in [3.63, 3.8) is 0 Å². The van der Waals surface area contributed by atoms with Crippen LogP contribution >= 0.6 is 0 Å². The number of amides is 2. The smallest absolute Gasteiger partial charge is 0.246 e. The molecule has 30 heavy (non-hydrogen) atoms. The van der Waals surface area contributed by atoms with Crippen molar-refractivity contribution in [3.05, 3.63) is 12.4 Å². The highest BCUT2D eigenvalue weighted by atomic mass is 32.2. The first-order chi connectivity index (χ1) is 14.4. The van der Waals surface area contributed by atoms with E-state index in [1.165, 1.54) is 10.5 Å². The molecule has 3 heterocycles. The molecule has 3 rings (SSSR count). The van der Waals surface area contributed by atoms with Crippen molar-refractivity contribution in [2.45, 2.75) is 63.3 Å². The lowest BCUT2D eigenvalue weighted by Gasteiger charge is -2.33. The van der Waals surface area contributed by atoms with E-state index < -0.39 is 10.0 Å². The maximum absolute atomic E-state index is 13.1. The second-order valence-corrected chi connectivity index (χ2v) is 9.99. The molecule has 0 spiro atoms. The molecule has 1 aromatic rings. The van der Waals surface area contributed by atoms with E-state index in [1.54, 1.807) is 10.9 Å². The zero-order chi connectivity index (χ0) is 21.6. The van der Waals surface area contributed by atoms with Crippen molar-refractivity contribution >= 4 is 21.8 Å². The first-order valence-electron chi connectivity index (χ1n) is 11.0. The predicted molar refractivity (Wildman–Crippen MR) is 112 cm³/mol. The van der Waals surface area contributed by atoms with Crippen LogP contribution in [0.5, 0.6) is 0 Å². The third-order valence-electron chi connectivity index (χ3n) is 5.97. The Balaban J connectivity index is 1.58. The lowest BCUT2D eigenvalue weighted by molar-refractivity contribution is -0.137. The molecule has 10 heteroatoms. The Morgan fingerprint density at radius 2 is 1.87 bits per heavy atom. The molecule has 0 aromatic carbocycles.